The third-order valence-corrected chi connectivity index (χ3v) is 5.04. The van der Waals surface area contributed by atoms with Gasteiger partial charge < -0.3 is 4.90 Å². The Morgan fingerprint density at radius 2 is 2.04 bits per heavy atom. The minimum absolute atomic E-state index is 0.0163. The Kier molecular flexibility index (Phi) is 3.92. The summed E-state index contributed by atoms with van der Waals surface area (Å²) in [6.07, 6.45) is 2.91. The fourth-order valence-corrected chi connectivity index (χ4v) is 3.65. The first-order valence-electron chi connectivity index (χ1n) is 7.22. The van der Waals surface area contributed by atoms with Gasteiger partial charge in [-0.3, -0.25) is 13.9 Å². The first-order valence-corrected chi connectivity index (χ1v) is 8.10. The molecule has 2 aromatic rings. The van der Waals surface area contributed by atoms with E-state index in [0.717, 1.165) is 11.0 Å². The molecule has 0 bridgehead atoms. The van der Waals surface area contributed by atoms with E-state index in [4.69, 9.17) is 0 Å². The van der Waals surface area contributed by atoms with E-state index in [0.29, 0.717) is 18.9 Å². The molecule has 3 heterocycles. The van der Waals surface area contributed by atoms with Gasteiger partial charge in [0.2, 0.25) is 0 Å². The Morgan fingerprint density at radius 1 is 1.26 bits per heavy atom. The fraction of sp³-hybridized carbons (Fsp3) is 0.312. The zero-order valence-corrected chi connectivity index (χ0v) is 13.8. The number of aromatic nitrogens is 2. The van der Waals surface area contributed by atoms with Crippen molar-refractivity contribution < 1.29 is 0 Å². The van der Waals surface area contributed by atoms with Crippen molar-refractivity contribution in [2.24, 2.45) is 14.1 Å². The predicted molar refractivity (Wildman–Crippen MR) is 90.8 cm³/mol. The van der Waals surface area contributed by atoms with Gasteiger partial charge in [0.15, 0.2) is 5.56 Å². The van der Waals surface area contributed by atoms with Gasteiger partial charge in [-0.05, 0) is 23.4 Å². The van der Waals surface area contributed by atoms with Crippen LogP contribution in [0, 0.1) is 11.3 Å². The molecule has 0 spiro atoms. The molecule has 0 fully saturated rings. The van der Waals surface area contributed by atoms with Gasteiger partial charge in [0.25, 0.3) is 5.56 Å². The van der Waals surface area contributed by atoms with Gasteiger partial charge >= 0.3 is 5.69 Å². The number of hydrogen-bond acceptors (Lipinski definition) is 5. The molecule has 0 unspecified atom stereocenters. The van der Waals surface area contributed by atoms with Crippen LogP contribution in [0.25, 0.3) is 5.57 Å². The maximum atomic E-state index is 12.2. The van der Waals surface area contributed by atoms with Crippen molar-refractivity contribution in [1.29, 1.82) is 5.26 Å². The molecule has 1 aliphatic heterocycles. The summed E-state index contributed by atoms with van der Waals surface area (Å²) in [5, 5.41) is 11.4. The minimum Gasteiger partial charge on any atom is -0.353 e. The Morgan fingerprint density at radius 3 is 2.61 bits per heavy atom. The highest BCUT2D eigenvalue weighted by Gasteiger charge is 2.22. The van der Waals surface area contributed by atoms with Crippen LogP contribution < -0.4 is 16.1 Å². The van der Waals surface area contributed by atoms with Crippen LogP contribution in [0.2, 0.25) is 0 Å². The summed E-state index contributed by atoms with van der Waals surface area (Å²) in [5.74, 6) is 0.405. The molecule has 0 saturated carbocycles. The number of rotatable bonds is 2. The van der Waals surface area contributed by atoms with Crippen molar-refractivity contribution in [1.82, 2.24) is 9.13 Å². The molecular weight excluding hydrogens is 312 g/mol. The topological polar surface area (TPSA) is 71.0 Å². The van der Waals surface area contributed by atoms with Gasteiger partial charge in [-0.25, -0.2) is 4.79 Å². The molecule has 0 atom stereocenters. The van der Waals surface area contributed by atoms with Gasteiger partial charge in [0, 0.05) is 32.1 Å². The van der Waals surface area contributed by atoms with Gasteiger partial charge in [0.1, 0.15) is 11.9 Å². The summed E-state index contributed by atoms with van der Waals surface area (Å²) in [6.45, 7) is 1.24. The fourth-order valence-electron chi connectivity index (χ4n) is 2.85. The maximum Gasteiger partial charge on any atom is 0.332 e. The molecular formula is C16H16N4O2S. The molecule has 23 heavy (non-hydrogen) atoms. The van der Waals surface area contributed by atoms with E-state index in [-0.39, 0.29) is 5.56 Å². The van der Waals surface area contributed by atoms with Crippen LogP contribution in [0.1, 0.15) is 16.9 Å². The molecule has 0 radical (unpaired) electrons. The second-order valence-corrected chi connectivity index (χ2v) is 6.37. The maximum absolute atomic E-state index is 12.2. The zero-order chi connectivity index (χ0) is 16.6. The normalized spacial score (nSPS) is 14.5. The predicted octanol–water partition coefficient (Wildman–Crippen LogP) is 1.31. The lowest BCUT2D eigenvalue weighted by Gasteiger charge is -2.30. The van der Waals surface area contributed by atoms with E-state index in [1.807, 2.05) is 22.4 Å². The molecule has 0 N–H and O–H groups in total. The largest absolute Gasteiger partial charge is 0.353 e. The van der Waals surface area contributed by atoms with Crippen LogP contribution in [-0.4, -0.2) is 22.2 Å². The Hall–Kier alpha value is -2.59. The summed E-state index contributed by atoms with van der Waals surface area (Å²) < 4.78 is 2.35. The summed E-state index contributed by atoms with van der Waals surface area (Å²) in [4.78, 5) is 27.5. The highest BCUT2D eigenvalue weighted by molar-refractivity contribution is 7.11. The average molecular weight is 328 g/mol. The highest BCUT2D eigenvalue weighted by atomic mass is 32.1. The molecule has 118 valence electrons. The molecule has 1 aliphatic rings. The smallest absolute Gasteiger partial charge is 0.332 e. The third kappa shape index (κ3) is 2.51. The molecule has 0 amide bonds. The molecule has 2 aromatic heterocycles. The van der Waals surface area contributed by atoms with E-state index in [2.05, 4.69) is 12.1 Å². The lowest BCUT2D eigenvalue weighted by atomic mass is 10.1. The van der Waals surface area contributed by atoms with E-state index in [1.54, 1.807) is 18.4 Å². The average Bonchev–Trinajstić information content (AvgIpc) is 3.11. The lowest BCUT2D eigenvalue weighted by Crippen LogP contribution is -2.43. The number of nitriles is 1. The van der Waals surface area contributed by atoms with Crippen molar-refractivity contribution in [2.45, 2.75) is 6.42 Å². The van der Waals surface area contributed by atoms with E-state index < -0.39 is 11.2 Å². The number of nitrogens with zero attached hydrogens (tertiary/aromatic N) is 4. The van der Waals surface area contributed by atoms with Crippen LogP contribution in [-0.2, 0) is 14.1 Å². The Balaban J connectivity index is 2.03. The van der Waals surface area contributed by atoms with Gasteiger partial charge in [-0.15, -0.1) is 11.3 Å². The van der Waals surface area contributed by atoms with E-state index in [1.165, 1.54) is 22.1 Å². The van der Waals surface area contributed by atoms with Gasteiger partial charge in [-0.1, -0.05) is 12.1 Å². The monoisotopic (exact) mass is 328 g/mol. The molecule has 3 rings (SSSR count). The SMILES string of the molecule is Cn1c(N2CC=C(c3cccs3)CC2)c(C#N)c(=O)n(C)c1=O. The number of thiophene rings is 1. The third-order valence-electron chi connectivity index (χ3n) is 4.09. The summed E-state index contributed by atoms with van der Waals surface area (Å²) in [6, 6.07) is 6.06. The van der Waals surface area contributed by atoms with Crippen molar-refractivity contribution in [3.8, 4) is 6.07 Å². The van der Waals surface area contributed by atoms with Crippen LogP contribution in [0.5, 0.6) is 0 Å². The summed E-state index contributed by atoms with van der Waals surface area (Å²) in [7, 11) is 2.98. The Bertz CT molecular complexity index is 929. The van der Waals surface area contributed by atoms with Crippen LogP contribution in [0.15, 0.2) is 33.2 Å². The number of hydrogen-bond donors (Lipinski definition) is 0. The van der Waals surface area contributed by atoms with Crippen LogP contribution in [0.4, 0.5) is 5.82 Å². The second kappa shape index (κ2) is 5.89. The first-order chi connectivity index (χ1) is 11.0. The summed E-state index contributed by atoms with van der Waals surface area (Å²) >= 11 is 1.70. The molecule has 0 saturated heterocycles. The van der Waals surface area contributed by atoms with Crippen molar-refractivity contribution in [3.05, 3.63) is 54.9 Å². The van der Waals surface area contributed by atoms with Crippen LogP contribution in [0.3, 0.4) is 0 Å². The van der Waals surface area contributed by atoms with Crippen molar-refractivity contribution in [3.63, 3.8) is 0 Å². The Labute approximate surface area is 137 Å². The van der Waals surface area contributed by atoms with Gasteiger partial charge in [0.05, 0.1) is 0 Å². The minimum atomic E-state index is -0.543. The van der Waals surface area contributed by atoms with Crippen molar-refractivity contribution >= 4 is 22.7 Å². The molecule has 6 nitrogen and oxygen atoms in total. The summed E-state index contributed by atoms with van der Waals surface area (Å²) in [5.41, 5.74) is 0.321. The van der Waals surface area contributed by atoms with E-state index in [9.17, 15) is 14.9 Å². The lowest BCUT2D eigenvalue weighted by molar-refractivity contribution is 0.659. The second-order valence-electron chi connectivity index (χ2n) is 5.42. The highest BCUT2D eigenvalue weighted by Crippen LogP contribution is 2.28. The van der Waals surface area contributed by atoms with Gasteiger partial charge in [-0.2, -0.15) is 5.26 Å². The molecule has 0 aromatic carbocycles. The molecule has 7 heteroatoms. The standard InChI is InChI=1S/C16H16N4O2S/c1-18-14(12(10-17)15(21)19(2)16(18)22)20-7-5-11(6-8-20)13-4-3-9-23-13/h3-5,9H,6-8H2,1-2H3. The number of anilines is 1. The van der Waals surface area contributed by atoms with Crippen molar-refractivity contribution in [2.75, 3.05) is 18.0 Å². The zero-order valence-electron chi connectivity index (χ0n) is 12.9. The van der Waals surface area contributed by atoms with Crippen LogP contribution >= 0.6 is 11.3 Å². The molecule has 0 aliphatic carbocycles. The first kappa shape index (κ1) is 15.3. The van der Waals surface area contributed by atoms with E-state index >= 15 is 0 Å². The quantitative estimate of drug-likeness (QED) is 0.833.